The highest BCUT2D eigenvalue weighted by atomic mass is 16.5. The zero-order valence-corrected chi connectivity index (χ0v) is 13.1. The van der Waals surface area contributed by atoms with E-state index in [0.29, 0.717) is 18.0 Å². The Kier molecular flexibility index (Phi) is 6.02. The van der Waals surface area contributed by atoms with Gasteiger partial charge in [0.1, 0.15) is 5.75 Å². The lowest BCUT2D eigenvalue weighted by atomic mass is 10.0. The smallest absolute Gasteiger partial charge is 0.253 e. The number of carbonyl (C=O) groups excluding carboxylic acids is 1. The van der Waals surface area contributed by atoms with Crippen LogP contribution in [0.3, 0.4) is 0 Å². The summed E-state index contributed by atoms with van der Waals surface area (Å²) in [5, 5.41) is 0. The fourth-order valence-corrected chi connectivity index (χ4v) is 1.95. The van der Waals surface area contributed by atoms with Crippen LogP contribution in [0.15, 0.2) is 18.2 Å². The van der Waals surface area contributed by atoms with Gasteiger partial charge in [0.05, 0.1) is 7.11 Å². The second kappa shape index (κ2) is 7.29. The van der Waals surface area contributed by atoms with E-state index in [1.165, 1.54) is 0 Å². The molecule has 0 aliphatic heterocycles. The molecule has 0 spiro atoms. The molecule has 1 aromatic carbocycles. The maximum Gasteiger partial charge on any atom is 0.253 e. The van der Waals surface area contributed by atoms with Gasteiger partial charge in [-0.15, -0.1) is 0 Å². The maximum absolute atomic E-state index is 12.3. The molecule has 1 amide bonds. The number of amides is 1. The van der Waals surface area contributed by atoms with Gasteiger partial charge >= 0.3 is 0 Å². The van der Waals surface area contributed by atoms with E-state index in [9.17, 15) is 4.79 Å². The molecule has 4 heteroatoms. The van der Waals surface area contributed by atoms with Gasteiger partial charge in [0.25, 0.3) is 5.91 Å². The summed E-state index contributed by atoms with van der Waals surface area (Å²) in [7, 11) is 3.42. The van der Waals surface area contributed by atoms with Crippen LogP contribution in [-0.2, 0) is 0 Å². The summed E-state index contributed by atoms with van der Waals surface area (Å²) in [5.74, 6) is 1.17. The molecule has 0 saturated carbocycles. The Balaban J connectivity index is 2.69. The van der Waals surface area contributed by atoms with Crippen LogP contribution in [0, 0.1) is 12.8 Å². The molecule has 20 heavy (non-hydrogen) atoms. The van der Waals surface area contributed by atoms with Crippen molar-refractivity contribution in [2.75, 3.05) is 20.7 Å². The summed E-state index contributed by atoms with van der Waals surface area (Å²) in [6.07, 6.45) is 0.808. The highest BCUT2D eigenvalue weighted by Gasteiger charge is 2.15. The van der Waals surface area contributed by atoms with Crippen molar-refractivity contribution in [3.8, 4) is 5.75 Å². The maximum atomic E-state index is 12.3. The fraction of sp³-hybridized carbons (Fsp3) is 0.562. The summed E-state index contributed by atoms with van der Waals surface area (Å²) in [6, 6.07) is 5.65. The van der Waals surface area contributed by atoms with Crippen molar-refractivity contribution in [1.82, 2.24) is 4.90 Å². The zero-order valence-electron chi connectivity index (χ0n) is 13.1. The van der Waals surface area contributed by atoms with Crippen molar-refractivity contribution < 1.29 is 9.53 Å². The van der Waals surface area contributed by atoms with E-state index >= 15 is 0 Å². The molecule has 0 aliphatic rings. The topological polar surface area (TPSA) is 55.6 Å². The molecule has 0 radical (unpaired) electrons. The number of benzene rings is 1. The lowest BCUT2D eigenvalue weighted by Crippen LogP contribution is -2.34. The second-order valence-corrected chi connectivity index (χ2v) is 5.61. The van der Waals surface area contributed by atoms with Gasteiger partial charge in [0.15, 0.2) is 0 Å². The Hall–Kier alpha value is -1.55. The third-order valence-electron chi connectivity index (χ3n) is 3.66. The molecular weight excluding hydrogens is 252 g/mol. The standard InChI is InChI=1S/C16H26N2O2/c1-11(2)14(17)8-9-18(4)16(19)13-7-6-12(3)15(10-13)20-5/h6-7,10-11,14H,8-9,17H2,1-5H3. The van der Waals surface area contributed by atoms with Crippen LogP contribution >= 0.6 is 0 Å². The Morgan fingerprint density at radius 3 is 2.60 bits per heavy atom. The van der Waals surface area contributed by atoms with Crippen LogP contribution in [-0.4, -0.2) is 37.6 Å². The van der Waals surface area contributed by atoms with E-state index in [-0.39, 0.29) is 11.9 Å². The normalized spacial score (nSPS) is 12.3. The molecular formula is C16H26N2O2. The van der Waals surface area contributed by atoms with E-state index in [4.69, 9.17) is 10.5 Å². The fourth-order valence-electron chi connectivity index (χ4n) is 1.95. The van der Waals surface area contributed by atoms with Gasteiger partial charge in [-0.2, -0.15) is 0 Å². The number of ether oxygens (including phenoxy) is 1. The van der Waals surface area contributed by atoms with Crippen molar-refractivity contribution in [3.05, 3.63) is 29.3 Å². The summed E-state index contributed by atoms with van der Waals surface area (Å²) in [6.45, 7) is 6.81. The average Bonchev–Trinajstić information content (AvgIpc) is 2.43. The third-order valence-corrected chi connectivity index (χ3v) is 3.66. The minimum absolute atomic E-state index is 0.000689. The van der Waals surface area contributed by atoms with Crippen LogP contribution < -0.4 is 10.5 Å². The van der Waals surface area contributed by atoms with Crippen molar-refractivity contribution in [2.45, 2.75) is 33.2 Å². The zero-order chi connectivity index (χ0) is 15.3. The first-order chi connectivity index (χ1) is 9.36. The van der Waals surface area contributed by atoms with E-state index in [0.717, 1.165) is 17.7 Å². The van der Waals surface area contributed by atoms with Crippen LogP contribution in [0.4, 0.5) is 0 Å². The van der Waals surface area contributed by atoms with Crippen molar-refractivity contribution in [3.63, 3.8) is 0 Å². The quantitative estimate of drug-likeness (QED) is 0.869. The first-order valence-electron chi connectivity index (χ1n) is 7.02. The lowest BCUT2D eigenvalue weighted by Gasteiger charge is -2.22. The first kappa shape index (κ1) is 16.5. The lowest BCUT2D eigenvalue weighted by molar-refractivity contribution is 0.0789. The largest absolute Gasteiger partial charge is 0.496 e. The molecule has 1 unspecified atom stereocenters. The van der Waals surface area contributed by atoms with Gasteiger partial charge in [0.2, 0.25) is 0 Å². The minimum Gasteiger partial charge on any atom is -0.496 e. The predicted molar refractivity (Wildman–Crippen MR) is 82.1 cm³/mol. The van der Waals surface area contributed by atoms with E-state index in [1.807, 2.05) is 26.1 Å². The van der Waals surface area contributed by atoms with E-state index < -0.39 is 0 Å². The number of hydrogen-bond donors (Lipinski definition) is 1. The predicted octanol–water partition coefficient (Wildman–Crippen LogP) is 2.45. The third kappa shape index (κ3) is 4.23. The average molecular weight is 278 g/mol. The highest BCUT2D eigenvalue weighted by Crippen LogP contribution is 2.20. The molecule has 1 aromatic rings. The molecule has 0 heterocycles. The SMILES string of the molecule is COc1cc(C(=O)N(C)CCC(N)C(C)C)ccc1C. The molecule has 0 aliphatic carbocycles. The van der Waals surface area contributed by atoms with E-state index in [1.54, 1.807) is 18.1 Å². The van der Waals surface area contributed by atoms with Crippen LogP contribution in [0.5, 0.6) is 5.75 Å². The highest BCUT2D eigenvalue weighted by molar-refractivity contribution is 5.94. The monoisotopic (exact) mass is 278 g/mol. The van der Waals surface area contributed by atoms with Crippen LogP contribution in [0.1, 0.15) is 36.2 Å². The van der Waals surface area contributed by atoms with Gasteiger partial charge in [0, 0.05) is 25.2 Å². The molecule has 1 atom stereocenters. The number of carbonyl (C=O) groups is 1. The number of aryl methyl sites for hydroxylation is 1. The molecule has 0 bridgehead atoms. The van der Waals surface area contributed by atoms with Crippen LogP contribution in [0.25, 0.3) is 0 Å². The van der Waals surface area contributed by atoms with Gasteiger partial charge in [-0.1, -0.05) is 19.9 Å². The molecule has 1 rings (SSSR count). The van der Waals surface area contributed by atoms with Crippen molar-refractivity contribution in [2.24, 2.45) is 11.7 Å². The summed E-state index contributed by atoms with van der Waals surface area (Å²) in [5.41, 5.74) is 7.68. The Bertz CT molecular complexity index is 458. The van der Waals surface area contributed by atoms with E-state index in [2.05, 4.69) is 13.8 Å². The number of hydrogen-bond acceptors (Lipinski definition) is 3. The first-order valence-corrected chi connectivity index (χ1v) is 7.02. The summed E-state index contributed by atoms with van der Waals surface area (Å²) in [4.78, 5) is 14.1. The second-order valence-electron chi connectivity index (χ2n) is 5.61. The number of methoxy groups -OCH3 is 1. The Morgan fingerprint density at radius 1 is 1.40 bits per heavy atom. The number of rotatable bonds is 6. The summed E-state index contributed by atoms with van der Waals surface area (Å²) >= 11 is 0. The molecule has 2 N–H and O–H groups in total. The molecule has 4 nitrogen and oxygen atoms in total. The Labute approximate surface area is 121 Å². The molecule has 0 aromatic heterocycles. The molecule has 0 fully saturated rings. The van der Waals surface area contributed by atoms with Gasteiger partial charge < -0.3 is 15.4 Å². The van der Waals surface area contributed by atoms with Crippen LogP contribution in [0.2, 0.25) is 0 Å². The number of nitrogens with two attached hydrogens (primary N) is 1. The molecule has 0 saturated heterocycles. The van der Waals surface area contributed by atoms with Crippen molar-refractivity contribution >= 4 is 5.91 Å². The van der Waals surface area contributed by atoms with Gasteiger partial charge in [-0.05, 0) is 37.0 Å². The molecule has 112 valence electrons. The van der Waals surface area contributed by atoms with Gasteiger partial charge in [-0.3, -0.25) is 4.79 Å². The number of nitrogens with zero attached hydrogens (tertiary/aromatic N) is 1. The van der Waals surface area contributed by atoms with Gasteiger partial charge in [-0.25, -0.2) is 0 Å². The summed E-state index contributed by atoms with van der Waals surface area (Å²) < 4.78 is 5.25. The van der Waals surface area contributed by atoms with Crippen molar-refractivity contribution in [1.29, 1.82) is 0 Å². The minimum atomic E-state index is -0.000689. The Morgan fingerprint density at radius 2 is 2.05 bits per heavy atom.